The number of hydrogen-bond acceptors (Lipinski definition) is 3. The van der Waals surface area contributed by atoms with Crippen LogP contribution in [0.15, 0.2) is 72.8 Å². The van der Waals surface area contributed by atoms with Gasteiger partial charge in [0.2, 0.25) is 0 Å². The molecule has 0 atom stereocenters. The molecule has 0 saturated carbocycles. The minimum Gasteiger partial charge on any atom is -0.464 e. The summed E-state index contributed by atoms with van der Waals surface area (Å²) in [6, 6.07) is 22.7. The van der Waals surface area contributed by atoms with Crippen LogP contribution in [0.3, 0.4) is 0 Å². The van der Waals surface area contributed by atoms with Gasteiger partial charge < -0.3 is 5.11 Å². The fraction of sp³-hybridized carbons (Fsp3) is 0.0476. The highest BCUT2D eigenvalue weighted by Gasteiger charge is 2.23. The van der Waals surface area contributed by atoms with Crippen molar-refractivity contribution in [3.8, 4) is 10.6 Å². The van der Waals surface area contributed by atoms with E-state index in [9.17, 15) is 9.90 Å². The van der Waals surface area contributed by atoms with Crippen LogP contribution < -0.4 is 4.90 Å². The Morgan fingerprint density at radius 1 is 0.962 bits per heavy atom. The van der Waals surface area contributed by atoms with Crippen molar-refractivity contribution in [2.75, 3.05) is 4.90 Å². The van der Waals surface area contributed by atoms with Crippen LogP contribution in [0.1, 0.15) is 5.56 Å². The summed E-state index contributed by atoms with van der Waals surface area (Å²) in [6.45, 7) is 1.98. The largest absolute Gasteiger partial charge is 0.464 e. The number of nitrogens with zero attached hydrogens (tertiary/aromatic N) is 2. The van der Waals surface area contributed by atoms with Gasteiger partial charge in [-0.3, -0.25) is 0 Å². The van der Waals surface area contributed by atoms with Crippen molar-refractivity contribution in [2.24, 2.45) is 0 Å². The Labute approximate surface area is 155 Å². The predicted molar refractivity (Wildman–Crippen MR) is 106 cm³/mol. The second-order valence-corrected chi connectivity index (χ2v) is 6.94. The highest BCUT2D eigenvalue weighted by atomic mass is 32.1. The number of amides is 1. The zero-order valence-electron chi connectivity index (χ0n) is 14.1. The van der Waals surface area contributed by atoms with Crippen LogP contribution in [0.25, 0.3) is 20.8 Å². The average molecular weight is 360 g/mol. The first-order chi connectivity index (χ1) is 12.6. The Kier molecular flexibility index (Phi) is 4.14. The first-order valence-electron chi connectivity index (χ1n) is 8.19. The molecule has 5 heteroatoms. The summed E-state index contributed by atoms with van der Waals surface area (Å²) in [6.07, 6.45) is -1.02. The van der Waals surface area contributed by atoms with Gasteiger partial charge in [-0.05, 0) is 42.8 Å². The molecule has 0 fully saturated rings. The topological polar surface area (TPSA) is 53.4 Å². The number of rotatable bonds is 3. The van der Waals surface area contributed by atoms with Crippen LogP contribution in [-0.4, -0.2) is 16.2 Å². The molecule has 4 nitrogen and oxygen atoms in total. The third-order valence-electron chi connectivity index (χ3n) is 4.21. The molecular formula is C21H16N2O2S. The van der Waals surface area contributed by atoms with E-state index in [-0.39, 0.29) is 0 Å². The number of carbonyl (C=O) groups is 1. The number of anilines is 2. The maximum atomic E-state index is 12.1. The van der Waals surface area contributed by atoms with Gasteiger partial charge in [0.05, 0.1) is 21.6 Å². The second kappa shape index (κ2) is 6.61. The van der Waals surface area contributed by atoms with Gasteiger partial charge in [-0.1, -0.05) is 42.5 Å². The number of thiazole rings is 1. The lowest BCUT2D eigenvalue weighted by Gasteiger charge is -2.22. The molecule has 4 rings (SSSR count). The molecule has 4 aromatic rings. The van der Waals surface area contributed by atoms with E-state index in [1.165, 1.54) is 4.90 Å². The molecule has 0 unspecified atom stereocenters. The summed E-state index contributed by atoms with van der Waals surface area (Å²) < 4.78 is 1.08. The van der Waals surface area contributed by atoms with E-state index in [0.29, 0.717) is 11.4 Å². The molecule has 1 amide bonds. The minimum absolute atomic E-state index is 0.605. The van der Waals surface area contributed by atoms with Crippen molar-refractivity contribution >= 4 is 39.0 Å². The molecule has 3 aromatic carbocycles. The summed E-state index contributed by atoms with van der Waals surface area (Å²) in [4.78, 5) is 18.1. The molecule has 128 valence electrons. The zero-order chi connectivity index (χ0) is 18.1. The fourth-order valence-corrected chi connectivity index (χ4v) is 4.11. The Morgan fingerprint density at radius 2 is 1.69 bits per heavy atom. The fourth-order valence-electron chi connectivity index (χ4n) is 3.03. The lowest BCUT2D eigenvalue weighted by Crippen LogP contribution is -2.24. The van der Waals surface area contributed by atoms with E-state index in [0.717, 1.165) is 26.4 Å². The molecule has 0 aliphatic rings. The van der Waals surface area contributed by atoms with E-state index in [1.54, 1.807) is 23.5 Å². The van der Waals surface area contributed by atoms with Gasteiger partial charge in [-0.2, -0.15) is 0 Å². The maximum absolute atomic E-state index is 12.1. The van der Waals surface area contributed by atoms with E-state index in [4.69, 9.17) is 4.98 Å². The van der Waals surface area contributed by atoms with Gasteiger partial charge in [0.15, 0.2) is 0 Å². The Hall–Kier alpha value is -3.18. The standard InChI is InChI=1S/C21H16N2O2S/c1-14-8-7-12-17(23(21(24)25)15-9-3-2-4-10-15)19(14)20-22-16-11-5-6-13-18(16)26-20/h2-13H,1H3,(H,24,25). The molecule has 0 bridgehead atoms. The molecule has 26 heavy (non-hydrogen) atoms. The number of carboxylic acid groups (broad SMARTS) is 1. The monoisotopic (exact) mass is 360 g/mol. The summed E-state index contributed by atoms with van der Waals surface area (Å²) >= 11 is 1.57. The van der Waals surface area contributed by atoms with Gasteiger partial charge >= 0.3 is 6.09 Å². The van der Waals surface area contributed by atoms with Gasteiger partial charge in [0.1, 0.15) is 5.01 Å². The van der Waals surface area contributed by atoms with Gasteiger partial charge in [0.25, 0.3) is 0 Å². The van der Waals surface area contributed by atoms with Crippen molar-refractivity contribution in [3.63, 3.8) is 0 Å². The van der Waals surface area contributed by atoms with Gasteiger partial charge in [-0.15, -0.1) is 11.3 Å². The molecule has 1 heterocycles. The molecule has 0 spiro atoms. The van der Waals surface area contributed by atoms with Crippen molar-refractivity contribution in [1.82, 2.24) is 4.98 Å². The van der Waals surface area contributed by atoms with Crippen LogP contribution in [-0.2, 0) is 0 Å². The summed E-state index contributed by atoms with van der Waals surface area (Å²) in [5, 5.41) is 10.7. The van der Waals surface area contributed by atoms with Crippen molar-refractivity contribution in [1.29, 1.82) is 0 Å². The molecule has 0 aliphatic carbocycles. The summed E-state index contributed by atoms with van der Waals surface area (Å²) in [5.74, 6) is 0. The van der Waals surface area contributed by atoms with Crippen LogP contribution in [0.2, 0.25) is 0 Å². The Balaban J connectivity index is 1.95. The number of para-hydroxylation sites is 2. The highest BCUT2D eigenvalue weighted by molar-refractivity contribution is 7.21. The number of aryl methyl sites for hydroxylation is 1. The lowest BCUT2D eigenvalue weighted by atomic mass is 10.1. The molecule has 1 N–H and O–H groups in total. The van der Waals surface area contributed by atoms with E-state index in [2.05, 4.69) is 0 Å². The van der Waals surface area contributed by atoms with E-state index >= 15 is 0 Å². The van der Waals surface area contributed by atoms with Crippen LogP contribution in [0, 0.1) is 6.92 Å². The van der Waals surface area contributed by atoms with Crippen molar-refractivity contribution in [3.05, 3.63) is 78.4 Å². The van der Waals surface area contributed by atoms with Crippen LogP contribution in [0.4, 0.5) is 16.2 Å². The molecule has 1 aromatic heterocycles. The lowest BCUT2D eigenvalue weighted by molar-refractivity contribution is 0.205. The third kappa shape index (κ3) is 2.82. The number of aromatic nitrogens is 1. The van der Waals surface area contributed by atoms with Crippen molar-refractivity contribution in [2.45, 2.75) is 6.92 Å². The summed E-state index contributed by atoms with van der Waals surface area (Å²) in [5.41, 5.74) is 3.97. The minimum atomic E-state index is -1.02. The van der Waals surface area contributed by atoms with E-state index in [1.807, 2.05) is 67.6 Å². The smallest absolute Gasteiger partial charge is 0.416 e. The number of hydrogen-bond donors (Lipinski definition) is 1. The second-order valence-electron chi connectivity index (χ2n) is 5.91. The third-order valence-corrected chi connectivity index (χ3v) is 5.26. The predicted octanol–water partition coefficient (Wildman–Crippen LogP) is 6.09. The van der Waals surface area contributed by atoms with Crippen LogP contribution in [0.5, 0.6) is 0 Å². The first-order valence-corrected chi connectivity index (χ1v) is 9.00. The summed E-state index contributed by atoms with van der Waals surface area (Å²) in [7, 11) is 0. The molecule has 0 saturated heterocycles. The number of benzene rings is 3. The molecule has 0 radical (unpaired) electrons. The average Bonchev–Trinajstić information content (AvgIpc) is 3.06. The number of fused-ring (bicyclic) bond motifs is 1. The first kappa shape index (κ1) is 16.3. The SMILES string of the molecule is Cc1cccc(N(C(=O)O)c2ccccc2)c1-c1nc2ccccc2s1. The normalized spacial score (nSPS) is 10.8. The van der Waals surface area contributed by atoms with Gasteiger partial charge in [-0.25, -0.2) is 14.7 Å². The van der Waals surface area contributed by atoms with E-state index < -0.39 is 6.09 Å². The Morgan fingerprint density at radius 3 is 2.42 bits per heavy atom. The van der Waals surface area contributed by atoms with Crippen LogP contribution >= 0.6 is 11.3 Å². The maximum Gasteiger partial charge on any atom is 0.416 e. The molecular weight excluding hydrogens is 344 g/mol. The highest BCUT2D eigenvalue weighted by Crippen LogP contribution is 2.40. The molecule has 0 aliphatic heterocycles. The van der Waals surface area contributed by atoms with Crippen molar-refractivity contribution < 1.29 is 9.90 Å². The van der Waals surface area contributed by atoms with Gasteiger partial charge in [0, 0.05) is 5.56 Å². The zero-order valence-corrected chi connectivity index (χ0v) is 14.9. The Bertz CT molecular complexity index is 1060. The quantitative estimate of drug-likeness (QED) is 0.481.